The standard InChI is InChI=1S/C15H23FN2O2S/c1-11(2)17-10-13-8-14(16)12(3)15(9-13)21(19,20)18-6-4-5-7-18/h8-9,11,17H,4-7,10H2,1-3H3. The van der Waals surface area contributed by atoms with Gasteiger partial charge < -0.3 is 5.32 Å². The van der Waals surface area contributed by atoms with E-state index in [-0.39, 0.29) is 16.5 Å². The van der Waals surface area contributed by atoms with Gasteiger partial charge in [0.1, 0.15) is 5.82 Å². The van der Waals surface area contributed by atoms with Crippen LogP contribution in [0.1, 0.15) is 37.8 Å². The molecule has 0 spiro atoms. The highest BCUT2D eigenvalue weighted by atomic mass is 32.2. The maximum atomic E-state index is 14.1. The predicted molar refractivity (Wildman–Crippen MR) is 81.1 cm³/mol. The zero-order chi connectivity index (χ0) is 15.6. The van der Waals surface area contributed by atoms with Crippen molar-refractivity contribution in [3.63, 3.8) is 0 Å². The smallest absolute Gasteiger partial charge is 0.243 e. The van der Waals surface area contributed by atoms with Crippen LogP contribution >= 0.6 is 0 Å². The van der Waals surface area contributed by atoms with Crippen molar-refractivity contribution in [2.45, 2.75) is 51.1 Å². The van der Waals surface area contributed by atoms with Crippen LogP contribution in [0.4, 0.5) is 4.39 Å². The van der Waals surface area contributed by atoms with Crippen LogP contribution in [-0.2, 0) is 16.6 Å². The van der Waals surface area contributed by atoms with Crippen LogP contribution in [0.5, 0.6) is 0 Å². The van der Waals surface area contributed by atoms with Crippen LogP contribution in [0, 0.1) is 12.7 Å². The summed E-state index contributed by atoms with van der Waals surface area (Å²) in [5.74, 6) is -0.462. The molecule has 1 heterocycles. The summed E-state index contributed by atoms with van der Waals surface area (Å²) >= 11 is 0. The molecule has 0 radical (unpaired) electrons. The molecule has 1 aromatic carbocycles. The van der Waals surface area contributed by atoms with Crippen molar-refractivity contribution < 1.29 is 12.8 Å². The average Bonchev–Trinajstić information content (AvgIpc) is 2.94. The monoisotopic (exact) mass is 314 g/mol. The van der Waals surface area contributed by atoms with Crippen LogP contribution in [0.3, 0.4) is 0 Å². The van der Waals surface area contributed by atoms with Crippen LogP contribution in [0.2, 0.25) is 0 Å². The molecule has 118 valence electrons. The normalized spacial score (nSPS) is 16.8. The highest BCUT2D eigenvalue weighted by molar-refractivity contribution is 7.89. The van der Waals surface area contributed by atoms with E-state index in [9.17, 15) is 12.8 Å². The Morgan fingerprint density at radius 3 is 2.48 bits per heavy atom. The van der Waals surface area contributed by atoms with Gasteiger partial charge in [-0.3, -0.25) is 0 Å². The van der Waals surface area contributed by atoms with Gasteiger partial charge in [-0.25, -0.2) is 12.8 Å². The van der Waals surface area contributed by atoms with Crippen molar-refractivity contribution in [2.24, 2.45) is 0 Å². The Balaban J connectivity index is 2.37. The molecule has 21 heavy (non-hydrogen) atoms. The number of nitrogens with zero attached hydrogens (tertiary/aromatic N) is 1. The Kier molecular flexibility index (Phi) is 5.01. The average molecular weight is 314 g/mol. The van der Waals surface area contributed by atoms with Gasteiger partial charge in [0.2, 0.25) is 10.0 Å². The number of halogens is 1. The SMILES string of the molecule is Cc1c(F)cc(CNC(C)C)cc1S(=O)(=O)N1CCCC1. The summed E-state index contributed by atoms with van der Waals surface area (Å²) in [4.78, 5) is 0.102. The predicted octanol–water partition coefficient (Wildman–Crippen LogP) is 2.42. The van der Waals surface area contributed by atoms with Crippen LogP contribution < -0.4 is 5.32 Å². The summed E-state index contributed by atoms with van der Waals surface area (Å²) in [7, 11) is -3.59. The molecule has 4 nitrogen and oxygen atoms in total. The molecule has 0 unspecified atom stereocenters. The number of nitrogens with one attached hydrogen (secondary N) is 1. The Morgan fingerprint density at radius 2 is 1.90 bits per heavy atom. The van der Waals surface area contributed by atoms with E-state index in [4.69, 9.17) is 0 Å². The lowest BCUT2D eigenvalue weighted by atomic mass is 10.1. The van der Waals surface area contributed by atoms with E-state index >= 15 is 0 Å². The van der Waals surface area contributed by atoms with Gasteiger partial charge in [-0.05, 0) is 37.5 Å². The molecular weight excluding hydrogens is 291 g/mol. The van der Waals surface area contributed by atoms with E-state index in [0.717, 1.165) is 12.8 Å². The summed E-state index contributed by atoms with van der Waals surface area (Å²) < 4.78 is 40.8. The molecule has 6 heteroatoms. The van der Waals surface area contributed by atoms with Crippen molar-refractivity contribution >= 4 is 10.0 Å². The molecule has 0 saturated carbocycles. The molecule has 0 amide bonds. The van der Waals surface area contributed by atoms with Gasteiger partial charge in [0.25, 0.3) is 0 Å². The first-order valence-corrected chi connectivity index (χ1v) is 8.79. The molecule has 1 fully saturated rings. The van der Waals surface area contributed by atoms with Crippen molar-refractivity contribution in [1.29, 1.82) is 0 Å². The first kappa shape index (κ1) is 16.4. The number of rotatable bonds is 5. The third-order valence-electron chi connectivity index (χ3n) is 3.75. The minimum atomic E-state index is -3.59. The molecule has 0 bridgehead atoms. The molecule has 0 atom stereocenters. The molecule has 0 aliphatic carbocycles. The van der Waals surface area contributed by atoms with Gasteiger partial charge in [-0.2, -0.15) is 4.31 Å². The Labute approximate surface area is 126 Å². The molecule has 1 aliphatic rings. The van der Waals surface area contributed by atoms with E-state index < -0.39 is 15.8 Å². The highest BCUT2D eigenvalue weighted by Gasteiger charge is 2.29. The summed E-state index contributed by atoms with van der Waals surface area (Å²) in [6, 6.07) is 3.27. The molecule has 1 aliphatic heterocycles. The third kappa shape index (κ3) is 3.62. The van der Waals surface area contributed by atoms with Crippen LogP contribution in [-0.4, -0.2) is 31.9 Å². The molecular formula is C15H23FN2O2S. The Hall–Kier alpha value is -0.980. The molecule has 0 aromatic heterocycles. The van der Waals surface area contributed by atoms with E-state index in [2.05, 4.69) is 5.32 Å². The van der Waals surface area contributed by atoms with E-state index in [0.29, 0.717) is 25.2 Å². The van der Waals surface area contributed by atoms with E-state index in [1.165, 1.54) is 17.3 Å². The molecule has 2 rings (SSSR count). The lowest BCUT2D eigenvalue weighted by Crippen LogP contribution is -2.29. The zero-order valence-corrected chi connectivity index (χ0v) is 13.6. The fourth-order valence-electron chi connectivity index (χ4n) is 2.47. The minimum absolute atomic E-state index is 0.102. The summed E-state index contributed by atoms with van der Waals surface area (Å²) in [5, 5.41) is 3.18. The molecule has 1 aromatic rings. The molecule has 1 saturated heterocycles. The fraction of sp³-hybridized carbons (Fsp3) is 0.600. The fourth-order valence-corrected chi connectivity index (χ4v) is 4.27. The second-order valence-electron chi connectivity index (χ2n) is 5.85. The second kappa shape index (κ2) is 6.42. The summed E-state index contributed by atoms with van der Waals surface area (Å²) in [5.41, 5.74) is 0.861. The number of hydrogen-bond acceptors (Lipinski definition) is 3. The minimum Gasteiger partial charge on any atom is -0.310 e. The zero-order valence-electron chi connectivity index (χ0n) is 12.8. The highest BCUT2D eigenvalue weighted by Crippen LogP contribution is 2.26. The van der Waals surface area contributed by atoms with Crippen molar-refractivity contribution in [2.75, 3.05) is 13.1 Å². The van der Waals surface area contributed by atoms with Crippen LogP contribution in [0.15, 0.2) is 17.0 Å². The van der Waals surface area contributed by atoms with Gasteiger partial charge in [-0.1, -0.05) is 13.8 Å². The summed E-state index contributed by atoms with van der Waals surface area (Å²) in [6.45, 7) is 7.02. The maximum Gasteiger partial charge on any atom is 0.243 e. The number of hydrogen-bond donors (Lipinski definition) is 1. The van der Waals surface area contributed by atoms with Gasteiger partial charge in [0, 0.05) is 31.2 Å². The van der Waals surface area contributed by atoms with Gasteiger partial charge in [0.05, 0.1) is 4.90 Å². The quantitative estimate of drug-likeness (QED) is 0.908. The van der Waals surface area contributed by atoms with Gasteiger partial charge in [-0.15, -0.1) is 0 Å². The lowest BCUT2D eigenvalue weighted by molar-refractivity contribution is 0.475. The van der Waals surface area contributed by atoms with E-state index in [1.54, 1.807) is 6.07 Å². The van der Waals surface area contributed by atoms with Crippen molar-refractivity contribution in [3.05, 3.63) is 29.1 Å². The lowest BCUT2D eigenvalue weighted by Gasteiger charge is -2.18. The van der Waals surface area contributed by atoms with Crippen molar-refractivity contribution in [1.82, 2.24) is 9.62 Å². The topological polar surface area (TPSA) is 49.4 Å². The van der Waals surface area contributed by atoms with E-state index in [1.807, 2.05) is 13.8 Å². The number of sulfonamides is 1. The second-order valence-corrected chi connectivity index (χ2v) is 7.75. The van der Waals surface area contributed by atoms with Crippen molar-refractivity contribution in [3.8, 4) is 0 Å². The van der Waals surface area contributed by atoms with Crippen LogP contribution in [0.25, 0.3) is 0 Å². The largest absolute Gasteiger partial charge is 0.310 e. The Bertz CT molecular complexity index is 608. The third-order valence-corrected chi connectivity index (χ3v) is 5.78. The molecule has 1 N–H and O–H groups in total. The Morgan fingerprint density at radius 1 is 1.29 bits per heavy atom. The van der Waals surface area contributed by atoms with Gasteiger partial charge >= 0.3 is 0 Å². The maximum absolute atomic E-state index is 14.1. The summed E-state index contributed by atoms with van der Waals surface area (Å²) in [6.07, 6.45) is 1.74. The first-order chi connectivity index (χ1) is 9.82. The van der Waals surface area contributed by atoms with Gasteiger partial charge in [0.15, 0.2) is 0 Å². The number of benzene rings is 1. The first-order valence-electron chi connectivity index (χ1n) is 7.35.